The van der Waals surface area contributed by atoms with Crippen LogP contribution in [0.1, 0.15) is 13.3 Å². The molecule has 0 saturated carbocycles. The molecule has 0 aliphatic carbocycles. The first kappa shape index (κ1) is 16.3. The van der Waals surface area contributed by atoms with Crippen molar-refractivity contribution in [3.8, 4) is 22.8 Å². The Morgan fingerprint density at radius 2 is 2.09 bits per heavy atom. The van der Waals surface area contributed by atoms with E-state index in [0.29, 0.717) is 16.6 Å². The second-order valence-corrected chi connectivity index (χ2v) is 5.70. The lowest BCUT2D eigenvalue weighted by atomic mass is 10.1. The number of hydrogen-bond donors (Lipinski definition) is 2. The number of benzene rings is 1. The number of rotatable bonds is 6. The van der Waals surface area contributed by atoms with Gasteiger partial charge in [-0.2, -0.15) is 0 Å². The van der Waals surface area contributed by atoms with Gasteiger partial charge in [-0.3, -0.25) is 4.79 Å². The van der Waals surface area contributed by atoms with Crippen molar-refractivity contribution in [3.05, 3.63) is 23.6 Å². The summed E-state index contributed by atoms with van der Waals surface area (Å²) in [5.41, 5.74) is 7.26. The molecule has 1 unspecified atom stereocenters. The van der Waals surface area contributed by atoms with Crippen LogP contribution in [0.2, 0.25) is 0 Å². The first-order valence-electron chi connectivity index (χ1n) is 6.77. The predicted octanol–water partition coefficient (Wildman–Crippen LogP) is 2.50. The standard InChI is InChI=1S/C15H19N3O3S/c1-9(16)6-14(19)18-15-17-11(8-22-15)10-4-5-12(20-2)13(7-10)21-3/h4-5,7-9H,6,16H2,1-3H3,(H,17,18,19). The van der Waals surface area contributed by atoms with E-state index in [2.05, 4.69) is 10.3 Å². The van der Waals surface area contributed by atoms with Crippen LogP contribution in [0.3, 0.4) is 0 Å². The Hall–Kier alpha value is -2.12. The van der Waals surface area contributed by atoms with Crippen LogP contribution in [0.15, 0.2) is 23.6 Å². The maximum atomic E-state index is 11.7. The van der Waals surface area contributed by atoms with Crippen LogP contribution in [0, 0.1) is 0 Å². The van der Waals surface area contributed by atoms with Crippen LogP contribution in [0.5, 0.6) is 11.5 Å². The van der Waals surface area contributed by atoms with Crippen molar-refractivity contribution in [2.45, 2.75) is 19.4 Å². The lowest BCUT2D eigenvalue weighted by molar-refractivity contribution is -0.116. The number of carbonyl (C=O) groups excluding carboxylic acids is 1. The number of hydrogen-bond acceptors (Lipinski definition) is 6. The molecule has 0 spiro atoms. The van der Waals surface area contributed by atoms with Crippen molar-refractivity contribution in [3.63, 3.8) is 0 Å². The highest BCUT2D eigenvalue weighted by Gasteiger charge is 2.11. The Morgan fingerprint density at radius 1 is 1.36 bits per heavy atom. The van der Waals surface area contributed by atoms with E-state index in [-0.39, 0.29) is 18.4 Å². The zero-order chi connectivity index (χ0) is 16.1. The molecule has 6 nitrogen and oxygen atoms in total. The van der Waals surface area contributed by atoms with E-state index in [4.69, 9.17) is 15.2 Å². The van der Waals surface area contributed by atoms with E-state index in [1.54, 1.807) is 21.1 Å². The third-order valence-corrected chi connectivity index (χ3v) is 3.69. The summed E-state index contributed by atoms with van der Waals surface area (Å²) in [6.07, 6.45) is 0.269. The fourth-order valence-corrected chi connectivity index (χ4v) is 2.66. The van der Waals surface area contributed by atoms with Gasteiger partial charge in [-0.15, -0.1) is 11.3 Å². The lowest BCUT2D eigenvalue weighted by Gasteiger charge is -2.08. The Morgan fingerprint density at radius 3 is 2.73 bits per heavy atom. The maximum Gasteiger partial charge on any atom is 0.227 e. The molecule has 2 aromatic rings. The summed E-state index contributed by atoms with van der Waals surface area (Å²) in [6.45, 7) is 1.79. The molecule has 1 amide bonds. The molecule has 0 aliphatic rings. The average Bonchev–Trinajstić information content (AvgIpc) is 2.93. The maximum absolute atomic E-state index is 11.7. The van der Waals surface area contributed by atoms with Crippen LogP contribution in [0.25, 0.3) is 11.3 Å². The molecule has 2 rings (SSSR count). The summed E-state index contributed by atoms with van der Waals surface area (Å²) in [6, 6.07) is 5.39. The summed E-state index contributed by atoms with van der Waals surface area (Å²) in [5, 5.41) is 5.18. The predicted molar refractivity (Wildman–Crippen MR) is 87.6 cm³/mol. The fraction of sp³-hybridized carbons (Fsp3) is 0.333. The Kier molecular flexibility index (Phi) is 5.35. The minimum Gasteiger partial charge on any atom is -0.493 e. The second-order valence-electron chi connectivity index (χ2n) is 4.84. The van der Waals surface area contributed by atoms with Crippen LogP contribution in [-0.4, -0.2) is 31.2 Å². The van der Waals surface area contributed by atoms with E-state index in [9.17, 15) is 4.79 Å². The van der Waals surface area contributed by atoms with Gasteiger partial charge in [-0.05, 0) is 25.1 Å². The van der Waals surface area contributed by atoms with Gasteiger partial charge in [-0.1, -0.05) is 0 Å². The number of methoxy groups -OCH3 is 2. The topological polar surface area (TPSA) is 86.5 Å². The molecule has 0 bridgehead atoms. The Bertz CT molecular complexity index is 655. The number of thiazole rings is 1. The Labute approximate surface area is 133 Å². The van der Waals surface area contributed by atoms with Gasteiger partial charge in [0.15, 0.2) is 16.6 Å². The van der Waals surface area contributed by atoms with E-state index >= 15 is 0 Å². The number of anilines is 1. The number of carbonyl (C=O) groups is 1. The second kappa shape index (κ2) is 7.24. The highest BCUT2D eigenvalue weighted by molar-refractivity contribution is 7.14. The van der Waals surface area contributed by atoms with E-state index < -0.39 is 0 Å². The third-order valence-electron chi connectivity index (χ3n) is 2.94. The van der Waals surface area contributed by atoms with Crippen LogP contribution < -0.4 is 20.5 Å². The van der Waals surface area contributed by atoms with Gasteiger partial charge >= 0.3 is 0 Å². The molecule has 0 saturated heterocycles. The van der Waals surface area contributed by atoms with Crippen LogP contribution in [-0.2, 0) is 4.79 Å². The summed E-state index contributed by atoms with van der Waals surface area (Å²) in [5.74, 6) is 1.16. The number of aromatic nitrogens is 1. The minimum atomic E-state index is -0.176. The van der Waals surface area contributed by atoms with Crippen molar-refractivity contribution in [2.75, 3.05) is 19.5 Å². The van der Waals surface area contributed by atoms with Crippen molar-refractivity contribution in [1.82, 2.24) is 4.98 Å². The number of nitrogens with one attached hydrogen (secondary N) is 1. The van der Waals surface area contributed by atoms with Crippen LogP contribution in [0.4, 0.5) is 5.13 Å². The summed E-state index contributed by atoms with van der Waals surface area (Å²) >= 11 is 1.37. The number of ether oxygens (including phenoxy) is 2. The molecule has 22 heavy (non-hydrogen) atoms. The van der Waals surface area contributed by atoms with Crippen molar-refractivity contribution in [1.29, 1.82) is 0 Å². The highest BCUT2D eigenvalue weighted by Crippen LogP contribution is 2.33. The molecular formula is C15H19N3O3S. The first-order chi connectivity index (χ1) is 10.5. The van der Waals surface area contributed by atoms with Crippen molar-refractivity contribution in [2.24, 2.45) is 5.73 Å². The molecule has 0 radical (unpaired) electrons. The lowest BCUT2D eigenvalue weighted by Crippen LogP contribution is -2.23. The minimum absolute atomic E-state index is 0.136. The van der Waals surface area contributed by atoms with Gasteiger partial charge in [0.1, 0.15) is 0 Å². The molecule has 7 heteroatoms. The summed E-state index contributed by atoms with van der Waals surface area (Å²) in [7, 11) is 3.18. The van der Waals surface area contributed by atoms with Crippen molar-refractivity contribution >= 4 is 22.4 Å². The number of amides is 1. The normalized spacial score (nSPS) is 11.8. The van der Waals surface area contributed by atoms with Gasteiger partial charge in [0.2, 0.25) is 5.91 Å². The molecule has 0 aliphatic heterocycles. The van der Waals surface area contributed by atoms with Gasteiger partial charge in [0.05, 0.1) is 19.9 Å². The van der Waals surface area contributed by atoms with Gasteiger partial charge < -0.3 is 20.5 Å². The molecular weight excluding hydrogens is 302 g/mol. The molecule has 3 N–H and O–H groups in total. The summed E-state index contributed by atoms with van der Waals surface area (Å²) in [4.78, 5) is 16.1. The first-order valence-corrected chi connectivity index (χ1v) is 7.64. The molecule has 1 aromatic carbocycles. The molecule has 1 heterocycles. The average molecular weight is 321 g/mol. The number of nitrogens with two attached hydrogens (primary N) is 1. The van der Waals surface area contributed by atoms with E-state index in [0.717, 1.165) is 11.3 Å². The smallest absolute Gasteiger partial charge is 0.227 e. The van der Waals surface area contributed by atoms with Gasteiger partial charge in [0, 0.05) is 23.4 Å². The zero-order valence-electron chi connectivity index (χ0n) is 12.8. The van der Waals surface area contributed by atoms with Crippen molar-refractivity contribution < 1.29 is 14.3 Å². The zero-order valence-corrected chi connectivity index (χ0v) is 13.6. The molecule has 0 fully saturated rings. The fourth-order valence-electron chi connectivity index (χ4n) is 1.92. The number of nitrogens with zero attached hydrogens (tertiary/aromatic N) is 1. The Balaban J connectivity index is 2.16. The monoisotopic (exact) mass is 321 g/mol. The molecule has 1 atom stereocenters. The van der Waals surface area contributed by atoms with Gasteiger partial charge in [-0.25, -0.2) is 4.98 Å². The molecule has 118 valence electrons. The van der Waals surface area contributed by atoms with Gasteiger partial charge in [0.25, 0.3) is 0 Å². The van der Waals surface area contributed by atoms with E-state index in [1.807, 2.05) is 23.6 Å². The molecule has 1 aromatic heterocycles. The summed E-state index contributed by atoms with van der Waals surface area (Å²) < 4.78 is 10.5. The third kappa shape index (κ3) is 3.96. The van der Waals surface area contributed by atoms with Crippen LogP contribution >= 0.6 is 11.3 Å². The largest absolute Gasteiger partial charge is 0.493 e. The highest BCUT2D eigenvalue weighted by atomic mass is 32.1. The SMILES string of the molecule is COc1ccc(-c2csc(NC(=O)CC(C)N)n2)cc1OC. The quantitative estimate of drug-likeness (QED) is 0.853. The van der Waals surface area contributed by atoms with E-state index in [1.165, 1.54) is 11.3 Å².